The molecule has 1 aliphatic carbocycles. The molecule has 3 heterocycles. The van der Waals surface area contributed by atoms with E-state index in [2.05, 4.69) is 11.1 Å². The number of para-hydroxylation sites is 1. The number of carbonyl (C=O) groups is 1. The smallest absolute Gasteiger partial charge is 0.307 e. The maximum absolute atomic E-state index is 14.1. The summed E-state index contributed by atoms with van der Waals surface area (Å²) in [7, 11) is -2.44. The van der Waals surface area contributed by atoms with E-state index in [1.807, 2.05) is 47.8 Å². The Kier molecular flexibility index (Phi) is 5.29. The topological polar surface area (TPSA) is 118 Å². The Hall–Kier alpha value is -4.20. The summed E-state index contributed by atoms with van der Waals surface area (Å²) < 4.78 is 31.1. The lowest BCUT2D eigenvalue weighted by molar-refractivity contribution is -0.138. The fourth-order valence-corrected chi connectivity index (χ4v) is 7.17. The predicted molar refractivity (Wildman–Crippen MR) is 140 cm³/mol. The van der Waals surface area contributed by atoms with Gasteiger partial charge in [-0.25, -0.2) is 8.96 Å². The number of imidazole rings is 1. The zero-order valence-corrected chi connectivity index (χ0v) is 21.2. The molecule has 0 bridgehead atoms. The van der Waals surface area contributed by atoms with Gasteiger partial charge in [0.15, 0.2) is 5.03 Å². The molecule has 1 fully saturated rings. The Balaban J connectivity index is 1.70. The third-order valence-electron chi connectivity index (χ3n) is 6.75. The molecule has 1 aliphatic rings. The summed E-state index contributed by atoms with van der Waals surface area (Å²) in [6.45, 7) is 0. The first-order chi connectivity index (χ1) is 17.8. The maximum Gasteiger partial charge on any atom is 0.307 e. The molecular formula is C27H20N4O4S2. The number of hydrogen-bond donors (Lipinski definition) is 1. The van der Waals surface area contributed by atoms with Crippen molar-refractivity contribution in [1.29, 1.82) is 5.26 Å². The molecule has 0 aliphatic heterocycles. The molecule has 8 nitrogen and oxygen atoms in total. The summed E-state index contributed by atoms with van der Waals surface area (Å²) >= 11 is 1.29. The summed E-state index contributed by atoms with van der Waals surface area (Å²) in [6.07, 6.45) is 3.44. The number of carboxylic acid groups (broad SMARTS) is 1. The van der Waals surface area contributed by atoms with Gasteiger partial charge in [0.25, 0.3) is 10.0 Å². The molecule has 0 radical (unpaired) electrons. The largest absolute Gasteiger partial charge is 0.481 e. The zero-order valence-electron chi connectivity index (χ0n) is 19.6. The number of benzene rings is 2. The van der Waals surface area contributed by atoms with E-state index in [9.17, 15) is 23.6 Å². The van der Waals surface area contributed by atoms with Crippen LogP contribution < -0.4 is 0 Å². The quantitative estimate of drug-likeness (QED) is 0.329. The first-order valence-electron chi connectivity index (χ1n) is 11.5. The number of nitrogens with zero attached hydrogens (tertiary/aromatic N) is 4. The summed E-state index contributed by atoms with van der Waals surface area (Å²) in [4.78, 5) is 16.1. The van der Waals surface area contributed by atoms with Crippen molar-refractivity contribution in [1.82, 2.24) is 13.5 Å². The number of aryl methyl sites for hydroxylation is 1. The van der Waals surface area contributed by atoms with Gasteiger partial charge in [0.05, 0.1) is 23.5 Å². The van der Waals surface area contributed by atoms with E-state index in [-0.39, 0.29) is 10.9 Å². The first kappa shape index (κ1) is 23.2. The number of carboxylic acids is 1. The van der Waals surface area contributed by atoms with Crippen LogP contribution in [0.25, 0.3) is 33.3 Å². The number of thiophene rings is 1. The maximum atomic E-state index is 14.1. The highest BCUT2D eigenvalue weighted by Gasteiger charge is 2.44. The van der Waals surface area contributed by atoms with Crippen molar-refractivity contribution >= 4 is 38.2 Å². The van der Waals surface area contributed by atoms with Gasteiger partial charge in [-0.3, -0.25) is 4.79 Å². The van der Waals surface area contributed by atoms with E-state index >= 15 is 0 Å². The normalized spacial score (nSPS) is 17.1. The van der Waals surface area contributed by atoms with Crippen molar-refractivity contribution in [2.75, 3.05) is 0 Å². The predicted octanol–water partition coefficient (Wildman–Crippen LogP) is 5.07. The van der Waals surface area contributed by atoms with Crippen molar-refractivity contribution in [3.8, 4) is 28.5 Å². The number of hydrogen-bond acceptors (Lipinski definition) is 6. The molecular weight excluding hydrogens is 508 g/mol. The van der Waals surface area contributed by atoms with Gasteiger partial charge < -0.3 is 9.67 Å². The Bertz CT molecular complexity index is 1860. The van der Waals surface area contributed by atoms with Gasteiger partial charge >= 0.3 is 5.97 Å². The average Bonchev–Trinajstić information content (AvgIpc) is 3.19. The average molecular weight is 529 g/mol. The van der Waals surface area contributed by atoms with E-state index in [0.717, 1.165) is 5.56 Å². The van der Waals surface area contributed by atoms with Crippen LogP contribution in [-0.4, -0.2) is 33.0 Å². The second kappa shape index (κ2) is 8.44. The van der Waals surface area contributed by atoms with Crippen LogP contribution in [0.4, 0.5) is 0 Å². The van der Waals surface area contributed by atoms with E-state index in [1.54, 1.807) is 23.7 Å². The zero-order chi connectivity index (χ0) is 25.9. The third kappa shape index (κ3) is 3.66. The van der Waals surface area contributed by atoms with Crippen molar-refractivity contribution in [2.24, 2.45) is 13.0 Å². The lowest BCUT2D eigenvalue weighted by atomic mass is 9.97. The van der Waals surface area contributed by atoms with E-state index in [1.165, 1.54) is 27.8 Å². The Morgan fingerprint density at radius 2 is 2.00 bits per heavy atom. The Morgan fingerprint density at radius 3 is 2.70 bits per heavy atom. The fraction of sp³-hybridized carbons (Fsp3) is 0.148. The van der Waals surface area contributed by atoms with Crippen LogP contribution in [-0.2, 0) is 21.9 Å². The SMILES string of the molecule is Cn1cnc(S(=O)(=O)n2c(-c3cccc(C4CC4C(=O)O)c3)c(-c3ccsc3C#N)c3ccccc32)c1. The third-order valence-corrected chi connectivity index (χ3v) is 9.17. The molecule has 2 aromatic carbocycles. The van der Waals surface area contributed by atoms with Crippen LogP contribution in [0.3, 0.4) is 0 Å². The molecule has 6 rings (SSSR count). The van der Waals surface area contributed by atoms with Crippen LogP contribution in [0.15, 0.2) is 77.5 Å². The minimum atomic E-state index is -4.14. The lowest BCUT2D eigenvalue weighted by Crippen LogP contribution is -2.15. The van der Waals surface area contributed by atoms with Crippen molar-refractivity contribution in [3.63, 3.8) is 0 Å². The molecule has 2 unspecified atom stereocenters. The van der Waals surface area contributed by atoms with Gasteiger partial charge in [-0.2, -0.15) is 13.7 Å². The summed E-state index contributed by atoms with van der Waals surface area (Å²) in [5.41, 5.74) is 3.62. The second-order valence-corrected chi connectivity index (χ2v) is 11.7. The highest BCUT2D eigenvalue weighted by molar-refractivity contribution is 7.90. The standard InChI is InChI=1S/C27H20N4O4S2/c1-30-14-24(29-15-30)37(34,35)31-22-8-3-2-7-18(22)25(19-9-10-36-23(19)13-28)26(31)17-6-4-5-16(11-17)20-12-21(20)27(32)33/h2-11,14-15,20-21H,12H2,1H3,(H,32,33). The second-order valence-electron chi connectivity index (χ2n) is 9.08. The Labute approximate surface area is 216 Å². The summed E-state index contributed by atoms with van der Waals surface area (Å²) in [6, 6.07) is 18.7. The minimum absolute atomic E-state index is 0.0985. The highest BCUT2D eigenvalue weighted by Crippen LogP contribution is 2.50. The van der Waals surface area contributed by atoms with Crippen LogP contribution in [0.1, 0.15) is 22.8 Å². The molecule has 1 N–H and O–H groups in total. The van der Waals surface area contributed by atoms with Crippen LogP contribution >= 0.6 is 11.3 Å². The van der Waals surface area contributed by atoms with Crippen molar-refractivity contribution < 1.29 is 18.3 Å². The molecule has 2 atom stereocenters. The number of aliphatic carboxylic acids is 1. The van der Waals surface area contributed by atoms with E-state index in [4.69, 9.17) is 0 Å². The molecule has 3 aromatic heterocycles. The molecule has 1 saturated carbocycles. The molecule has 0 saturated heterocycles. The van der Waals surface area contributed by atoms with Crippen molar-refractivity contribution in [3.05, 3.63) is 82.9 Å². The van der Waals surface area contributed by atoms with E-state index < -0.39 is 21.9 Å². The molecule has 37 heavy (non-hydrogen) atoms. The molecule has 0 amide bonds. The van der Waals surface area contributed by atoms with Crippen LogP contribution in [0.2, 0.25) is 0 Å². The number of rotatable bonds is 6. The number of fused-ring (bicyclic) bond motifs is 1. The fourth-order valence-electron chi connectivity index (χ4n) is 4.96. The summed E-state index contributed by atoms with van der Waals surface area (Å²) in [5, 5.41) is 21.7. The minimum Gasteiger partial charge on any atom is -0.481 e. The van der Waals surface area contributed by atoms with Crippen molar-refractivity contribution in [2.45, 2.75) is 17.4 Å². The highest BCUT2D eigenvalue weighted by atomic mass is 32.2. The molecule has 0 spiro atoms. The molecule has 10 heteroatoms. The van der Waals surface area contributed by atoms with Gasteiger partial charge in [0, 0.05) is 35.3 Å². The van der Waals surface area contributed by atoms with E-state index in [0.29, 0.717) is 44.6 Å². The monoisotopic (exact) mass is 528 g/mol. The van der Waals surface area contributed by atoms with Crippen LogP contribution in [0.5, 0.6) is 0 Å². The number of aromatic nitrogens is 3. The molecule has 5 aromatic rings. The summed E-state index contributed by atoms with van der Waals surface area (Å²) in [5.74, 6) is -1.40. The lowest BCUT2D eigenvalue weighted by Gasteiger charge is -2.13. The van der Waals surface area contributed by atoms with Gasteiger partial charge in [0.1, 0.15) is 10.9 Å². The number of nitriles is 1. The van der Waals surface area contributed by atoms with Gasteiger partial charge in [0.2, 0.25) is 0 Å². The molecule has 184 valence electrons. The van der Waals surface area contributed by atoms with Gasteiger partial charge in [-0.05, 0) is 41.5 Å². The first-order valence-corrected chi connectivity index (χ1v) is 13.8. The van der Waals surface area contributed by atoms with Gasteiger partial charge in [-0.15, -0.1) is 11.3 Å². The Morgan fingerprint density at radius 1 is 1.19 bits per heavy atom. The van der Waals surface area contributed by atoms with Crippen LogP contribution in [0, 0.1) is 17.2 Å². The van der Waals surface area contributed by atoms with Gasteiger partial charge in [-0.1, -0.05) is 36.4 Å².